The monoisotopic (exact) mass is 275 g/mol. The van der Waals surface area contributed by atoms with E-state index < -0.39 is 0 Å². The molecule has 1 nitrogen and oxygen atoms in total. The van der Waals surface area contributed by atoms with Crippen LogP contribution in [-0.4, -0.2) is 13.1 Å². The Morgan fingerprint density at radius 2 is 2.00 bits per heavy atom. The Labute approximate surface area is 122 Å². The van der Waals surface area contributed by atoms with E-state index in [1.807, 2.05) is 12.1 Å². The minimum Gasteiger partial charge on any atom is -0.316 e. The van der Waals surface area contributed by atoms with Crippen LogP contribution in [0.4, 0.5) is 4.39 Å². The van der Waals surface area contributed by atoms with Gasteiger partial charge in [-0.2, -0.15) is 0 Å². The molecular formula is C18H26FN. The van der Waals surface area contributed by atoms with Crippen molar-refractivity contribution in [3.05, 3.63) is 35.6 Å². The highest BCUT2D eigenvalue weighted by Gasteiger charge is 2.40. The number of likely N-dealkylation sites (N-methyl/N-ethyl adjacent to an activating group) is 1. The highest BCUT2D eigenvalue weighted by molar-refractivity contribution is 5.21. The summed E-state index contributed by atoms with van der Waals surface area (Å²) in [5, 5.41) is 3.49. The molecule has 0 saturated heterocycles. The summed E-state index contributed by atoms with van der Waals surface area (Å²) in [5.41, 5.74) is 1.30. The maximum atomic E-state index is 13.1. The number of hydrogen-bond donors (Lipinski definition) is 1. The van der Waals surface area contributed by atoms with E-state index in [1.165, 1.54) is 37.7 Å². The first-order valence-corrected chi connectivity index (χ1v) is 8.22. The topological polar surface area (TPSA) is 12.0 Å². The summed E-state index contributed by atoms with van der Waals surface area (Å²) in [6.45, 7) is 4.18. The molecule has 1 aromatic carbocycles. The lowest BCUT2D eigenvalue weighted by atomic mass is 9.80. The zero-order valence-corrected chi connectivity index (χ0v) is 12.4. The van der Waals surface area contributed by atoms with Gasteiger partial charge in [-0.1, -0.05) is 25.5 Å². The van der Waals surface area contributed by atoms with Gasteiger partial charge in [0.1, 0.15) is 5.82 Å². The first kappa shape index (κ1) is 14.1. The largest absolute Gasteiger partial charge is 0.316 e. The van der Waals surface area contributed by atoms with Crippen LogP contribution in [0.15, 0.2) is 24.3 Å². The third kappa shape index (κ3) is 3.06. The van der Waals surface area contributed by atoms with Crippen LogP contribution in [0.25, 0.3) is 0 Å². The van der Waals surface area contributed by atoms with Crippen LogP contribution in [-0.2, 0) is 0 Å². The minimum atomic E-state index is -0.129. The van der Waals surface area contributed by atoms with Gasteiger partial charge in [0.15, 0.2) is 0 Å². The smallest absolute Gasteiger partial charge is 0.123 e. The number of benzene rings is 1. The molecule has 20 heavy (non-hydrogen) atoms. The van der Waals surface area contributed by atoms with Crippen molar-refractivity contribution in [1.29, 1.82) is 0 Å². The number of hydrogen-bond acceptors (Lipinski definition) is 1. The van der Waals surface area contributed by atoms with Crippen molar-refractivity contribution in [3.8, 4) is 0 Å². The Balaban J connectivity index is 1.67. The molecule has 110 valence electrons. The Bertz CT molecular complexity index is 428. The van der Waals surface area contributed by atoms with Crippen LogP contribution >= 0.6 is 0 Å². The average Bonchev–Trinajstić information content (AvgIpc) is 3.07. The van der Waals surface area contributed by atoms with Gasteiger partial charge < -0.3 is 5.32 Å². The lowest BCUT2D eigenvalue weighted by Crippen LogP contribution is -2.24. The Morgan fingerprint density at radius 3 is 2.60 bits per heavy atom. The second-order valence-electron chi connectivity index (χ2n) is 6.73. The van der Waals surface area contributed by atoms with Gasteiger partial charge in [-0.25, -0.2) is 4.39 Å². The predicted molar refractivity (Wildman–Crippen MR) is 81.2 cm³/mol. The van der Waals surface area contributed by atoms with Crippen molar-refractivity contribution in [2.24, 2.45) is 17.8 Å². The SMILES string of the molecule is CCNCC(CC1CC2CCC1C2)c1ccc(F)cc1. The third-order valence-electron chi connectivity index (χ3n) is 5.45. The van der Waals surface area contributed by atoms with E-state index in [0.29, 0.717) is 5.92 Å². The van der Waals surface area contributed by atoms with E-state index in [9.17, 15) is 4.39 Å². The van der Waals surface area contributed by atoms with Crippen LogP contribution in [0.3, 0.4) is 0 Å². The molecule has 0 radical (unpaired) electrons. The summed E-state index contributed by atoms with van der Waals surface area (Å²) >= 11 is 0. The molecule has 2 aliphatic carbocycles. The van der Waals surface area contributed by atoms with Crippen molar-refractivity contribution in [2.75, 3.05) is 13.1 Å². The molecule has 1 aromatic rings. The number of halogens is 1. The molecule has 0 amide bonds. The first-order chi connectivity index (χ1) is 9.76. The quantitative estimate of drug-likeness (QED) is 0.814. The minimum absolute atomic E-state index is 0.129. The fourth-order valence-electron chi connectivity index (χ4n) is 4.42. The second kappa shape index (κ2) is 6.26. The van der Waals surface area contributed by atoms with Crippen LogP contribution in [0.5, 0.6) is 0 Å². The molecule has 3 rings (SSSR count). The number of fused-ring (bicyclic) bond motifs is 2. The Hall–Kier alpha value is -0.890. The molecule has 2 fully saturated rings. The molecule has 0 aliphatic heterocycles. The Kier molecular flexibility index (Phi) is 4.40. The molecule has 0 spiro atoms. The van der Waals surface area contributed by atoms with Gasteiger partial charge in [0.05, 0.1) is 0 Å². The summed E-state index contributed by atoms with van der Waals surface area (Å²) < 4.78 is 13.1. The maximum Gasteiger partial charge on any atom is 0.123 e. The molecule has 2 saturated carbocycles. The van der Waals surface area contributed by atoms with Crippen LogP contribution in [0.2, 0.25) is 0 Å². The number of rotatable bonds is 6. The van der Waals surface area contributed by atoms with Crippen LogP contribution < -0.4 is 5.32 Å². The predicted octanol–water partition coefficient (Wildman–Crippen LogP) is 4.35. The van der Waals surface area contributed by atoms with Crippen molar-refractivity contribution in [1.82, 2.24) is 5.32 Å². The highest BCUT2D eigenvalue weighted by Crippen LogP contribution is 2.51. The van der Waals surface area contributed by atoms with E-state index in [4.69, 9.17) is 0 Å². The summed E-state index contributed by atoms with van der Waals surface area (Å²) in [7, 11) is 0. The average molecular weight is 275 g/mol. The summed E-state index contributed by atoms with van der Waals surface area (Å²) in [6.07, 6.45) is 7.11. The summed E-state index contributed by atoms with van der Waals surface area (Å²) in [5.74, 6) is 3.31. The lowest BCUT2D eigenvalue weighted by Gasteiger charge is -2.27. The van der Waals surface area contributed by atoms with Crippen LogP contribution in [0, 0.1) is 23.6 Å². The van der Waals surface area contributed by atoms with Gasteiger partial charge in [-0.3, -0.25) is 0 Å². The molecule has 1 N–H and O–H groups in total. The van der Waals surface area contributed by atoms with E-state index >= 15 is 0 Å². The molecule has 4 atom stereocenters. The first-order valence-electron chi connectivity index (χ1n) is 8.22. The van der Waals surface area contributed by atoms with E-state index in [2.05, 4.69) is 12.2 Å². The molecule has 0 heterocycles. The zero-order valence-electron chi connectivity index (χ0n) is 12.4. The van der Waals surface area contributed by atoms with Gasteiger partial charge >= 0.3 is 0 Å². The number of nitrogens with one attached hydrogen (secondary N) is 1. The normalized spacial score (nSPS) is 29.8. The zero-order chi connectivity index (χ0) is 13.9. The van der Waals surface area contributed by atoms with Gasteiger partial charge in [0.2, 0.25) is 0 Å². The Morgan fingerprint density at radius 1 is 1.20 bits per heavy atom. The van der Waals surface area contributed by atoms with Gasteiger partial charge in [0, 0.05) is 6.54 Å². The molecule has 4 unspecified atom stereocenters. The van der Waals surface area contributed by atoms with Crippen molar-refractivity contribution in [2.45, 2.75) is 44.9 Å². The molecule has 2 bridgehead atoms. The second-order valence-corrected chi connectivity index (χ2v) is 6.73. The lowest BCUT2D eigenvalue weighted by molar-refractivity contribution is 0.291. The van der Waals surface area contributed by atoms with Gasteiger partial charge in [-0.05, 0) is 73.6 Å². The third-order valence-corrected chi connectivity index (χ3v) is 5.45. The van der Waals surface area contributed by atoms with Crippen molar-refractivity contribution in [3.63, 3.8) is 0 Å². The van der Waals surface area contributed by atoms with Crippen LogP contribution in [0.1, 0.15) is 50.5 Å². The van der Waals surface area contributed by atoms with Gasteiger partial charge in [-0.15, -0.1) is 0 Å². The molecule has 2 heteroatoms. The summed E-state index contributed by atoms with van der Waals surface area (Å²) in [4.78, 5) is 0. The van der Waals surface area contributed by atoms with Gasteiger partial charge in [0.25, 0.3) is 0 Å². The van der Waals surface area contributed by atoms with E-state index in [-0.39, 0.29) is 5.82 Å². The maximum absolute atomic E-state index is 13.1. The summed E-state index contributed by atoms with van der Waals surface area (Å²) in [6, 6.07) is 7.17. The van der Waals surface area contributed by atoms with E-state index in [0.717, 1.165) is 30.8 Å². The van der Waals surface area contributed by atoms with Crippen molar-refractivity contribution < 1.29 is 4.39 Å². The highest BCUT2D eigenvalue weighted by atomic mass is 19.1. The molecule has 2 aliphatic rings. The molecular weight excluding hydrogens is 249 g/mol. The fraction of sp³-hybridized carbons (Fsp3) is 0.667. The fourth-order valence-corrected chi connectivity index (χ4v) is 4.42. The van der Waals surface area contributed by atoms with Crippen molar-refractivity contribution >= 4 is 0 Å². The molecule has 0 aromatic heterocycles. The van der Waals surface area contributed by atoms with E-state index in [1.54, 1.807) is 12.1 Å². The standard InChI is InChI=1S/C18H26FN/c1-2-20-12-17(14-5-7-18(19)8-6-14)11-16-10-13-3-4-15(16)9-13/h5-8,13,15-17,20H,2-4,9-12H2,1H3.